The Morgan fingerprint density at radius 3 is 3.06 bits per heavy atom. The molecule has 1 atom stereocenters. The van der Waals surface area contributed by atoms with Crippen LogP contribution in [0.15, 0.2) is 53.3 Å². The average molecular weight is 240 g/mol. The molecule has 1 aromatic carbocycles. The Morgan fingerprint density at radius 1 is 1.28 bits per heavy atom. The fraction of sp³-hybridized carbons (Fsp3) is 0.200. The molecule has 0 aliphatic rings. The molecule has 0 fully saturated rings. The summed E-state index contributed by atoms with van der Waals surface area (Å²) in [5.41, 5.74) is 2.31. The third-order valence-corrected chi connectivity index (χ3v) is 3.05. The molecule has 0 spiro atoms. The maximum Gasteiger partial charge on any atom is 0.105 e. The zero-order valence-corrected chi connectivity index (χ0v) is 10.3. The Morgan fingerprint density at radius 2 is 2.22 bits per heavy atom. The van der Waals surface area contributed by atoms with Gasteiger partial charge in [-0.25, -0.2) is 0 Å². The molecule has 0 aliphatic heterocycles. The van der Waals surface area contributed by atoms with E-state index >= 15 is 0 Å². The second-order valence-corrected chi connectivity index (χ2v) is 4.61. The molecule has 0 saturated carbocycles. The van der Waals surface area contributed by atoms with E-state index in [1.807, 2.05) is 18.3 Å². The minimum Gasteiger partial charge on any atom is -0.469 e. The van der Waals surface area contributed by atoms with Gasteiger partial charge < -0.3 is 14.7 Å². The molecule has 0 aliphatic carbocycles. The summed E-state index contributed by atoms with van der Waals surface area (Å²) >= 11 is 0. The largest absolute Gasteiger partial charge is 0.469 e. The molecule has 1 unspecified atom stereocenters. The summed E-state index contributed by atoms with van der Waals surface area (Å²) in [6, 6.07) is 12.7. The van der Waals surface area contributed by atoms with Crippen LogP contribution in [0.25, 0.3) is 10.9 Å². The number of H-pyrrole nitrogens is 1. The third-order valence-electron chi connectivity index (χ3n) is 3.05. The molecular formula is C15H16N2O. The number of furan rings is 1. The van der Waals surface area contributed by atoms with Gasteiger partial charge in [0, 0.05) is 35.2 Å². The van der Waals surface area contributed by atoms with E-state index in [1.165, 1.54) is 10.9 Å². The van der Waals surface area contributed by atoms with Crippen molar-refractivity contribution in [2.45, 2.75) is 19.4 Å². The molecule has 92 valence electrons. The van der Waals surface area contributed by atoms with Crippen LogP contribution in [0.2, 0.25) is 0 Å². The lowest BCUT2D eigenvalue weighted by atomic mass is 10.1. The summed E-state index contributed by atoms with van der Waals surface area (Å²) in [5.74, 6) is 1.01. The number of fused-ring (bicyclic) bond motifs is 1. The number of aromatic amines is 1. The second kappa shape index (κ2) is 4.61. The molecule has 0 radical (unpaired) electrons. The smallest absolute Gasteiger partial charge is 0.105 e. The third kappa shape index (κ3) is 2.25. The molecule has 3 nitrogen and oxygen atoms in total. The van der Waals surface area contributed by atoms with Crippen molar-refractivity contribution in [1.82, 2.24) is 4.98 Å². The van der Waals surface area contributed by atoms with Crippen LogP contribution in [0.4, 0.5) is 5.69 Å². The van der Waals surface area contributed by atoms with Gasteiger partial charge in [0.25, 0.3) is 0 Å². The summed E-state index contributed by atoms with van der Waals surface area (Å²) < 4.78 is 5.35. The molecule has 0 saturated heterocycles. The highest BCUT2D eigenvalue weighted by molar-refractivity contribution is 5.82. The highest BCUT2D eigenvalue weighted by atomic mass is 16.3. The van der Waals surface area contributed by atoms with E-state index in [2.05, 4.69) is 41.5 Å². The molecule has 2 aromatic heterocycles. The van der Waals surface area contributed by atoms with E-state index in [-0.39, 0.29) is 0 Å². The maximum atomic E-state index is 5.35. The summed E-state index contributed by atoms with van der Waals surface area (Å²) in [6.07, 6.45) is 4.56. The number of rotatable bonds is 4. The molecule has 2 N–H and O–H groups in total. The van der Waals surface area contributed by atoms with E-state index in [0.717, 1.165) is 17.9 Å². The van der Waals surface area contributed by atoms with Crippen LogP contribution in [0.5, 0.6) is 0 Å². The first-order valence-electron chi connectivity index (χ1n) is 6.17. The fourth-order valence-electron chi connectivity index (χ4n) is 2.21. The topological polar surface area (TPSA) is 41.0 Å². The van der Waals surface area contributed by atoms with E-state index in [9.17, 15) is 0 Å². The summed E-state index contributed by atoms with van der Waals surface area (Å²) in [6.45, 7) is 2.16. The van der Waals surface area contributed by atoms with Crippen LogP contribution < -0.4 is 5.32 Å². The molecule has 3 heteroatoms. The van der Waals surface area contributed by atoms with Crippen molar-refractivity contribution in [3.8, 4) is 0 Å². The summed E-state index contributed by atoms with van der Waals surface area (Å²) in [5, 5.41) is 4.72. The van der Waals surface area contributed by atoms with Gasteiger partial charge in [-0.1, -0.05) is 0 Å². The molecule has 2 heterocycles. The predicted octanol–water partition coefficient (Wildman–Crippen LogP) is 3.80. The summed E-state index contributed by atoms with van der Waals surface area (Å²) in [4.78, 5) is 3.19. The number of anilines is 1. The van der Waals surface area contributed by atoms with Gasteiger partial charge in [-0.2, -0.15) is 0 Å². The van der Waals surface area contributed by atoms with Crippen molar-refractivity contribution in [3.63, 3.8) is 0 Å². The van der Waals surface area contributed by atoms with E-state index < -0.39 is 0 Å². The quantitative estimate of drug-likeness (QED) is 0.728. The van der Waals surface area contributed by atoms with Gasteiger partial charge in [0.15, 0.2) is 0 Å². The molecule has 18 heavy (non-hydrogen) atoms. The Balaban J connectivity index is 1.71. The minimum absolute atomic E-state index is 0.340. The molecule has 3 rings (SSSR count). The van der Waals surface area contributed by atoms with Crippen LogP contribution in [0.3, 0.4) is 0 Å². The Hall–Kier alpha value is -2.16. The lowest BCUT2D eigenvalue weighted by Crippen LogP contribution is -2.17. The molecule has 0 amide bonds. The van der Waals surface area contributed by atoms with Gasteiger partial charge >= 0.3 is 0 Å². The number of hydrogen-bond donors (Lipinski definition) is 2. The van der Waals surface area contributed by atoms with Crippen LogP contribution in [0.1, 0.15) is 12.7 Å². The number of benzene rings is 1. The van der Waals surface area contributed by atoms with E-state index in [1.54, 1.807) is 6.26 Å². The predicted molar refractivity (Wildman–Crippen MR) is 73.8 cm³/mol. The van der Waals surface area contributed by atoms with Crippen molar-refractivity contribution < 1.29 is 4.42 Å². The Bertz CT molecular complexity index is 625. The van der Waals surface area contributed by atoms with E-state index in [4.69, 9.17) is 4.42 Å². The molecule has 3 aromatic rings. The van der Waals surface area contributed by atoms with Gasteiger partial charge in [-0.05, 0) is 43.3 Å². The first-order valence-corrected chi connectivity index (χ1v) is 6.17. The minimum atomic E-state index is 0.340. The standard InChI is InChI=1S/C15H16N2O/c1-11(9-14-3-2-8-18-14)17-13-4-5-15-12(10-13)6-7-16-15/h2-8,10-11,16-17H,9H2,1H3. The molecule has 0 bridgehead atoms. The zero-order valence-electron chi connectivity index (χ0n) is 10.3. The Labute approximate surface area is 106 Å². The lowest BCUT2D eigenvalue weighted by molar-refractivity contribution is 0.498. The van der Waals surface area contributed by atoms with Gasteiger partial charge in [0.05, 0.1) is 6.26 Å². The van der Waals surface area contributed by atoms with Crippen LogP contribution in [-0.4, -0.2) is 11.0 Å². The average Bonchev–Trinajstić information content (AvgIpc) is 2.98. The van der Waals surface area contributed by atoms with Crippen molar-refractivity contribution >= 4 is 16.6 Å². The van der Waals surface area contributed by atoms with Crippen LogP contribution in [-0.2, 0) is 6.42 Å². The fourth-order valence-corrected chi connectivity index (χ4v) is 2.21. The van der Waals surface area contributed by atoms with E-state index in [0.29, 0.717) is 6.04 Å². The SMILES string of the molecule is CC(Cc1ccco1)Nc1ccc2[nH]ccc2c1. The number of aromatic nitrogens is 1. The normalized spacial score (nSPS) is 12.7. The van der Waals surface area contributed by atoms with Crippen molar-refractivity contribution in [3.05, 3.63) is 54.6 Å². The van der Waals surface area contributed by atoms with Crippen LogP contribution in [0, 0.1) is 0 Å². The lowest BCUT2D eigenvalue weighted by Gasteiger charge is -2.14. The monoisotopic (exact) mass is 240 g/mol. The number of hydrogen-bond acceptors (Lipinski definition) is 2. The van der Waals surface area contributed by atoms with Gasteiger partial charge in [0.2, 0.25) is 0 Å². The van der Waals surface area contributed by atoms with Crippen molar-refractivity contribution in [2.75, 3.05) is 5.32 Å². The second-order valence-electron chi connectivity index (χ2n) is 4.61. The Kier molecular flexibility index (Phi) is 2.81. The van der Waals surface area contributed by atoms with Gasteiger partial charge in [-0.3, -0.25) is 0 Å². The summed E-state index contributed by atoms with van der Waals surface area (Å²) in [7, 11) is 0. The van der Waals surface area contributed by atoms with Crippen molar-refractivity contribution in [2.24, 2.45) is 0 Å². The van der Waals surface area contributed by atoms with Gasteiger partial charge in [0.1, 0.15) is 5.76 Å². The number of nitrogens with one attached hydrogen (secondary N) is 2. The first-order chi connectivity index (χ1) is 8.81. The van der Waals surface area contributed by atoms with Crippen molar-refractivity contribution in [1.29, 1.82) is 0 Å². The maximum absolute atomic E-state index is 5.35. The zero-order chi connectivity index (χ0) is 12.4. The first kappa shape index (κ1) is 11.0. The van der Waals surface area contributed by atoms with Crippen LogP contribution >= 0.6 is 0 Å². The van der Waals surface area contributed by atoms with Gasteiger partial charge in [-0.15, -0.1) is 0 Å². The highest BCUT2D eigenvalue weighted by Gasteiger charge is 2.06. The highest BCUT2D eigenvalue weighted by Crippen LogP contribution is 2.19. The molecular weight excluding hydrogens is 224 g/mol.